The molecule has 2 bridgehead atoms. The molecule has 0 unspecified atom stereocenters. The number of ether oxygens (including phenoxy) is 1. The van der Waals surface area contributed by atoms with Crippen LogP contribution in [0.25, 0.3) is 0 Å². The third-order valence-corrected chi connectivity index (χ3v) is 6.83. The highest BCUT2D eigenvalue weighted by Gasteiger charge is 2.43. The van der Waals surface area contributed by atoms with Gasteiger partial charge in [-0.2, -0.15) is 0 Å². The minimum atomic E-state index is -0.317. The number of thiophene rings is 1. The highest BCUT2D eigenvalue weighted by atomic mass is 32.1. The van der Waals surface area contributed by atoms with Crippen molar-refractivity contribution in [3.05, 3.63) is 16.0 Å². The Morgan fingerprint density at radius 3 is 2.77 bits per heavy atom. The van der Waals surface area contributed by atoms with Crippen LogP contribution in [0.3, 0.4) is 0 Å². The summed E-state index contributed by atoms with van der Waals surface area (Å²) < 4.78 is 4.93. The van der Waals surface area contributed by atoms with E-state index >= 15 is 0 Å². The van der Waals surface area contributed by atoms with E-state index < -0.39 is 0 Å². The van der Waals surface area contributed by atoms with Gasteiger partial charge in [0.2, 0.25) is 5.91 Å². The molecule has 2 fully saturated rings. The molecule has 5 heteroatoms. The zero-order chi connectivity index (χ0) is 15.3. The minimum absolute atomic E-state index is 0.109. The number of fused-ring (bicyclic) bond motifs is 3. The lowest BCUT2D eigenvalue weighted by Crippen LogP contribution is -2.27. The maximum atomic E-state index is 12.6. The summed E-state index contributed by atoms with van der Waals surface area (Å²) in [4.78, 5) is 26.0. The lowest BCUT2D eigenvalue weighted by atomic mass is 9.88. The van der Waals surface area contributed by atoms with E-state index in [9.17, 15) is 9.59 Å². The van der Waals surface area contributed by atoms with Gasteiger partial charge in [-0.25, -0.2) is 4.79 Å². The van der Waals surface area contributed by atoms with E-state index in [4.69, 9.17) is 4.74 Å². The van der Waals surface area contributed by atoms with E-state index in [0.29, 0.717) is 16.5 Å². The van der Waals surface area contributed by atoms with Crippen molar-refractivity contribution in [1.29, 1.82) is 0 Å². The summed E-state index contributed by atoms with van der Waals surface area (Å²) in [6.07, 6.45) is 7.72. The first-order valence-electron chi connectivity index (χ1n) is 8.21. The molecule has 1 aromatic heterocycles. The summed E-state index contributed by atoms with van der Waals surface area (Å²) in [5, 5.41) is 3.77. The van der Waals surface area contributed by atoms with Gasteiger partial charge in [0.15, 0.2) is 0 Å². The third kappa shape index (κ3) is 2.18. The number of methoxy groups -OCH3 is 1. The van der Waals surface area contributed by atoms with Gasteiger partial charge in [0.05, 0.1) is 12.7 Å². The van der Waals surface area contributed by atoms with Crippen LogP contribution in [0, 0.1) is 17.8 Å². The molecule has 2 saturated carbocycles. The van der Waals surface area contributed by atoms with E-state index in [1.54, 1.807) is 11.3 Å². The van der Waals surface area contributed by atoms with Gasteiger partial charge >= 0.3 is 5.97 Å². The van der Waals surface area contributed by atoms with Gasteiger partial charge in [-0.05, 0) is 55.9 Å². The summed E-state index contributed by atoms with van der Waals surface area (Å²) in [7, 11) is 1.41. The zero-order valence-corrected chi connectivity index (χ0v) is 13.6. The van der Waals surface area contributed by atoms with E-state index in [2.05, 4.69) is 5.32 Å². The van der Waals surface area contributed by atoms with Crippen molar-refractivity contribution in [2.24, 2.45) is 17.8 Å². The van der Waals surface area contributed by atoms with Crippen LogP contribution in [0.5, 0.6) is 0 Å². The lowest BCUT2D eigenvalue weighted by molar-refractivity contribution is -0.121. The Morgan fingerprint density at radius 2 is 2.09 bits per heavy atom. The van der Waals surface area contributed by atoms with Crippen LogP contribution in [-0.4, -0.2) is 19.0 Å². The van der Waals surface area contributed by atoms with Gasteiger partial charge in [-0.3, -0.25) is 4.79 Å². The number of anilines is 1. The van der Waals surface area contributed by atoms with Crippen LogP contribution < -0.4 is 5.32 Å². The Hall–Kier alpha value is -1.36. The Morgan fingerprint density at radius 1 is 1.23 bits per heavy atom. The smallest absolute Gasteiger partial charge is 0.341 e. The quantitative estimate of drug-likeness (QED) is 0.869. The number of carbonyl (C=O) groups excluding carboxylic acids is 2. The van der Waals surface area contributed by atoms with Crippen molar-refractivity contribution in [2.45, 2.75) is 44.9 Å². The molecule has 1 heterocycles. The Kier molecular flexibility index (Phi) is 3.48. The summed E-state index contributed by atoms with van der Waals surface area (Å²) in [6.45, 7) is 0. The van der Waals surface area contributed by atoms with E-state index in [-0.39, 0.29) is 17.8 Å². The molecule has 0 saturated heterocycles. The Balaban J connectivity index is 1.58. The van der Waals surface area contributed by atoms with E-state index in [1.165, 1.54) is 31.2 Å². The first kappa shape index (κ1) is 14.2. The van der Waals surface area contributed by atoms with Crippen molar-refractivity contribution in [3.8, 4) is 0 Å². The monoisotopic (exact) mass is 319 g/mol. The average Bonchev–Trinajstić information content (AvgIpc) is 3.26. The summed E-state index contributed by atoms with van der Waals surface area (Å²) in [5.74, 6) is 1.23. The predicted molar refractivity (Wildman–Crippen MR) is 85.3 cm³/mol. The molecule has 0 spiro atoms. The molecule has 3 aliphatic rings. The maximum absolute atomic E-state index is 12.6. The van der Waals surface area contributed by atoms with Crippen molar-refractivity contribution < 1.29 is 14.3 Å². The molecule has 1 N–H and O–H groups in total. The summed E-state index contributed by atoms with van der Waals surface area (Å²) in [6, 6.07) is 0. The predicted octanol–water partition coefficient (Wildman–Crippen LogP) is 3.40. The molecule has 0 radical (unpaired) electrons. The highest BCUT2D eigenvalue weighted by molar-refractivity contribution is 7.17. The number of hydrogen-bond acceptors (Lipinski definition) is 4. The molecule has 0 aliphatic heterocycles. The molecule has 3 atom stereocenters. The van der Waals surface area contributed by atoms with E-state index in [0.717, 1.165) is 37.2 Å². The molecule has 22 heavy (non-hydrogen) atoms. The second-order valence-corrected chi connectivity index (χ2v) is 7.93. The fourth-order valence-corrected chi connectivity index (χ4v) is 5.86. The third-order valence-electron chi connectivity index (χ3n) is 5.62. The second-order valence-electron chi connectivity index (χ2n) is 6.82. The van der Waals surface area contributed by atoms with Gasteiger partial charge < -0.3 is 10.1 Å². The van der Waals surface area contributed by atoms with Crippen molar-refractivity contribution in [1.82, 2.24) is 0 Å². The van der Waals surface area contributed by atoms with Crippen LogP contribution in [0.1, 0.15) is 52.9 Å². The lowest BCUT2D eigenvalue weighted by Gasteiger charge is -2.20. The normalized spacial score (nSPS) is 28.7. The number of esters is 1. The number of amides is 1. The topological polar surface area (TPSA) is 55.4 Å². The number of aryl methyl sites for hydroxylation is 1. The van der Waals surface area contributed by atoms with Crippen LogP contribution >= 0.6 is 11.3 Å². The number of hydrogen-bond donors (Lipinski definition) is 1. The molecule has 3 aliphatic carbocycles. The van der Waals surface area contributed by atoms with Gasteiger partial charge in [0.1, 0.15) is 5.00 Å². The molecular formula is C17H21NO3S. The van der Waals surface area contributed by atoms with Crippen molar-refractivity contribution in [2.75, 3.05) is 12.4 Å². The number of nitrogens with one attached hydrogen (secondary N) is 1. The molecule has 0 aromatic carbocycles. The molecule has 1 amide bonds. The van der Waals surface area contributed by atoms with Gasteiger partial charge in [-0.1, -0.05) is 6.42 Å². The molecular weight excluding hydrogens is 298 g/mol. The van der Waals surface area contributed by atoms with Gasteiger partial charge in [0, 0.05) is 10.8 Å². The van der Waals surface area contributed by atoms with E-state index in [1.807, 2.05) is 0 Å². The fraction of sp³-hybridized carbons (Fsp3) is 0.647. The first-order chi connectivity index (χ1) is 10.7. The van der Waals surface area contributed by atoms with Gasteiger partial charge in [0.25, 0.3) is 0 Å². The fourth-order valence-electron chi connectivity index (χ4n) is 4.58. The molecule has 4 rings (SSSR count). The van der Waals surface area contributed by atoms with Crippen LogP contribution in [0.15, 0.2) is 0 Å². The first-order valence-corrected chi connectivity index (χ1v) is 9.02. The second kappa shape index (κ2) is 5.37. The SMILES string of the molecule is COC(=O)c1c(NC(=O)[C@@H]2C[C@H]3CC[C@H]2C3)sc2c1CCC2. The number of carbonyl (C=O) groups is 2. The Labute approximate surface area is 134 Å². The van der Waals surface area contributed by atoms with Crippen LogP contribution in [0.2, 0.25) is 0 Å². The van der Waals surface area contributed by atoms with Gasteiger partial charge in [-0.15, -0.1) is 11.3 Å². The summed E-state index contributed by atoms with van der Waals surface area (Å²) in [5.41, 5.74) is 1.71. The zero-order valence-electron chi connectivity index (χ0n) is 12.8. The van der Waals surface area contributed by atoms with Crippen molar-refractivity contribution >= 4 is 28.2 Å². The average molecular weight is 319 g/mol. The Bertz CT molecular complexity index is 636. The molecule has 118 valence electrons. The summed E-state index contributed by atoms with van der Waals surface area (Å²) >= 11 is 1.57. The largest absolute Gasteiger partial charge is 0.465 e. The number of rotatable bonds is 3. The maximum Gasteiger partial charge on any atom is 0.341 e. The molecule has 4 nitrogen and oxygen atoms in total. The molecule has 1 aromatic rings. The van der Waals surface area contributed by atoms with Crippen LogP contribution in [-0.2, 0) is 22.4 Å². The highest BCUT2D eigenvalue weighted by Crippen LogP contribution is 2.49. The van der Waals surface area contributed by atoms with Crippen molar-refractivity contribution in [3.63, 3.8) is 0 Å². The minimum Gasteiger partial charge on any atom is -0.465 e. The van der Waals surface area contributed by atoms with Crippen LogP contribution in [0.4, 0.5) is 5.00 Å². The standard InChI is InChI=1S/C17H21NO3S/c1-21-17(20)14-11-3-2-4-13(11)22-16(14)18-15(19)12-8-9-5-6-10(12)7-9/h9-10,12H,2-8H2,1H3,(H,18,19)/t9-,10-,12+/m0/s1.